The van der Waals surface area contributed by atoms with Crippen LogP contribution in [0.25, 0.3) is 11.1 Å². The van der Waals surface area contributed by atoms with Crippen LogP contribution < -0.4 is 10.6 Å². The van der Waals surface area contributed by atoms with Gasteiger partial charge in [-0.15, -0.1) is 0 Å². The minimum Gasteiger partial charge on any atom is -0.481 e. The molecule has 4 rings (SSSR count). The Morgan fingerprint density at radius 3 is 2.33 bits per heavy atom. The van der Waals surface area contributed by atoms with Crippen molar-refractivity contribution in [2.45, 2.75) is 37.6 Å². The van der Waals surface area contributed by atoms with E-state index in [1.54, 1.807) is 0 Å². The molecule has 0 spiro atoms. The zero-order chi connectivity index (χ0) is 23.2. The number of carboxylic acid groups (broad SMARTS) is 1. The highest BCUT2D eigenvalue weighted by Gasteiger charge is 2.30. The smallest absolute Gasteiger partial charge is 0.407 e. The molecule has 0 aliphatic heterocycles. The van der Waals surface area contributed by atoms with Crippen molar-refractivity contribution >= 4 is 18.0 Å². The number of nitrogens with one attached hydrogen (secondary N) is 2. The van der Waals surface area contributed by atoms with Gasteiger partial charge in [-0.3, -0.25) is 9.59 Å². The van der Waals surface area contributed by atoms with Gasteiger partial charge in [-0.05, 0) is 46.9 Å². The van der Waals surface area contributed by atoms with E-state index in [0.29, 0.717) is 0 Å². The Balaban J connectivity index is 1.24. The number of ether oxygens (including phenoxy) is 1. The standard InChI is InChI=1S/C26H26N2O5/c29-24(28-23-12-5-7-17(23)15-25(30)31)13-6-14-27-26(32)33-16-22-20-10-3-1-8-18(20)19-9-2-4-11-21(19)22/h1-4,8-11,17,22-23H,5,7,12,14-16H2,(H,27,32)(H,28,29)(H,30,31)/t17-,23+/m0/s1. The van der Waals surface area contributed by atoms with Crippen molar-refractivity contribution in [2.75, 3.05) is 13.2 Å². The van der Waals surface area contributed by atoms with Crippen LogP contribution in [0.4, 0.5) is 4.79 Å². The van der Waals surface area contributed by atoms with Crippen LogP contribution in [0.3, 0.4) is 0 Å². The zero-order valence-corrected chi connectivity index (χ0v) is 18.2. The van der Waals surface area contributed by atoms with Crippen LogP contribution >= 0.6 is 0 Å². The number of carbonyl (C=O) groups excluding carboxylic acids is 2. The second-order valence-electron chi connectivity index (χ2n) is 8.35. The summed E-state index contributed by atoms with van der Waals surface area (Å²) in [6.45, 7) is 0.188. The number of rotatable bonds is 6. The third-order valence-electron chi connectivity index (χ3n) is 6.28. The van der Waals surface area contributed by atoms with Gasteiger partial charge in [0.15, 0.2) is 0 Å². The molecule has 2 aromatic carbocycles. The Labute approximate surface area is 192 Å². The molecule has 7 heteroatoms. The monoisotopic (exact) mass is 446 g/mol. The first-order valence-corrected chi connectivity index (χ1v) is 11.1. The molecular formula is C26H26N2O5. The Morgan fingerprint density at radius 1 is 1.00 bits per heavy atom. The van der Waals surface area contributed by atoms with Gasteiger partial charge < -0.3 is 20.5 Å². The van der Waals surface area contributed by atoms with Gasteiger partial charge in [-0.25, -0.2) is 4.79 Å². The van der Waals surface area contributed by atoms with Gasteiger partial charge >= 0.3 is 12.1 Å². The highest BCUT2D eigenvalue weighted by molar-refractivity contribution is 5.93. The van der Waals surface area contributed by atoms with E-state index in [4.69, 9.17) is 9.84 Å². The SMILES string of the molecule is O=C(O)C[C@@H]1CCC[C@H]1NC(=O)C#CCNC(=O)OCC1c2ccccc2-c2ccccc21. The molecule has 170 valence electrons. The van der Waals surface area contributed by atoms with E-state index < -0.39 is 18.0 Å². The summed E-state index contributed by atoms with van der Waals surface area (Å²) in [6, 6.07) is 16.0. The van der Waals surface area contributed by atoms with Crippen molar-refractivity contribution in [3.05, 3.63) is 59.7 Å². The lowest BCUT2D eigenvalue weighted by atomic mass is 9.98. The van der Waals surface area contributed by atoms with E-state index in [1.807, 2.05) is 24.3 Å². The molecule has 33 heavy (non-hydrogen) atoms. The average molecular weight is 447 g/mol. The Hall–Kier alpha value is -3.79. The maximum atomic E-state index is 12.1. The second kappa shape index (κ2) is 10.2. The predicted octanol–water partition coefficient (Wildman–Crippen LogP) is 3.29. The molecule has 0 unspecified atom stereocenters. The number of fused-ring (bicyclic) bond motifs is 3. The van der Waals surface area contributed by atoms with Crippen LogP contribution in [-0.2, 0) is 14.3 Å². The lowest BCUT2D eigenvalue weighted by Crippen LogP contribution is -2.37. The molecule has 0 radical (unpaired) electrons. The van der Waals surface area contributed by atoms with Crippen molar-refractivity contribution < 1.29 is 24.2 Å². The molecule has 2 aliphatic rings. The molecule has 1 saturated carbocycles. The van der Waals surface area contributed by atoms with Crippen LogP contribution in [0.15, 0.2) is 48.5 Å². The lowest BCUT2D eigenvalue weighted by molar-refractivity contribution is -0.138. The van der Waals surface area contributed by atoms with Crippen LogP contribution in [0, 0.1) is 17.8 Å². The summed E-state index contributed by atoms with van der Waals surface area (Å²) in [6.07, 6.45) is 1.88. The molecule has 0 aromatic heterocycles. The number of aliphatic carboxylic acids is 1. The van der Waals surface area contributed by atoms with Gasteiger partial charge in [-0.2, -0.15) is 0 Å². The van der Waals surface area contributed by atoms with Crippen LogP contribution in [0.5, 0.6) is 0 Å². The largest absolute Gasteiger partial charge is 0.481 e. The van der Waals surface area contributed by atoms with Crippen molar-refractivity contribution in [1.82, 2.24) is 10.6 Å². The number of hydrogen-bond donors (Lipinski definition) is 3. The van der Waals surface area contributed by atoms with Crippen molar-refractivity contribution in [3.8, 4) is 23.0 Å². The fraction of sp³-hybridized carbons (Fsp3) is 0.346. The Morgan fingerprint density at radius 2 is 1.67 bits per heavy atom. The summed E-state index contributed by atoms with van der Waals surface area (Å²) < 4.78 is 5.43. The van der Waals surface area contributed by atoms with Crippen molar-refractivity contribution in [1.29, 1.82) is 0 Å². The first kappa shape index (κ1) is 22.4. The van der Waals surface area contributed by atoms with Gasteiger partial charge in [-0.1, -0.05) is 60.9 Å². The summed E-state index contributed by atoms with van der Waals surface area (Å²) in [7, 11) is 0. The van der Waals surface area contributed by atoms with E-state index >= 15 is 0 Å². The summed E-state index contributed by atoms with van der Waals surface area (Å²) in [5.74, 6) is 3.65. The first-order valence-electron chi connectivity index (χ1n) is 11.1. The van der Waals surface area contributed by atoms with Gasteiger partial charge in [0.1, 0.15) is 6.61 Å². The number of alkyl carbamates (subject to hydrolysis) is 1. The molecule has 2 atom stereocenters. The van der Waals surface area contributed by atoms with E-state index in [9.17, 15) is 14.4 Å². The third-order valence-corrected chi connectivity index (χ3v) is 6.28. The molecule has 0 bridgehead atoms. The molecule has 0 heterocycles. The highest BCUT2D eigenvalue weighted by atomic mass is 16.5. The fourth-order valence-electron chi connectivity index (χ4n) is 4.79. The second-order valence-corrected chi connectivity index (χ2v) is 8.35. The number of hydrogen-bond acceptors (Lipinski definition) is 4. The molecule has 2 aromatic rings. The summed E-state index contributed by atoms with van der Waals surface area (Å²) in [5, 5.41) is 14.3. The molecule has 1 fully saturated rings. The minimum atomic E-state index is -0.862. The molecule has 7 nitrogen and oxygen atoms in total. The lowest BCUT2D eigenvalue weighted by Gasteiger charge is -2.17. The van der Waals surface area contributed by atoms with Crippen LogP contribution in [-0.4, -0.2) is 42.3 Å². The molecule has 3 N–H and O–H groups in total. The van der Waals surface area contributed by atoms with E-state index in [1.165, 1.54) is 0 Å². The first-order chi connectivity index (χ1) is 16.0. The van der Waals surface area contributed by atoms with Crippen LogP contribution in [0.2, 0.25) is 0 Å². The van der Waals surface area contributed by atoms with Gasteiger partial charge in [0, 0.05) is 12.0 Å². The van der Waals surface area contributed by atoms with Crippen molar-refractivity contribution in [3.63, 3.8) is 0 Å². The van der Waals surface area contributed by atoms with E-state index in [0.717, 1.165) is 41.5 Å². The minimum absolute atomic E-state index is 0.0205. The summed E-state index contributed by atoms with van der Waals surface area (Å²) in [5.41, 5.74) is 4.59. The quantitative estimate of drug-likeness (QED) is 0.591. The zero-order valence-electron chi connectivity index (χ0n) is 18.2. The van der Waals surface area contributed by atoms with Gasteiger partial charge in [0.25, 0.3) is 5.91 Å². The summed E-state index contributed by atoms with van der Waals surface area (Å²) >= 11 is 0. The number of carboxylic acids is 1. The number of carbonyl (C=O) groups is 3. The maximum Gasteiger partial charge on any atom is 0.407 e. The number of amides is 2. The fourth-order valence-corrected chi connectivity index (χ4v) is 4.79. The Bertz CT molecular complexity index is 1070. The summed E-state index contributed by atoms with van der Waals surface area (Å²) in [4.78, 5) is 35.1. The van der Waals surface area contributed by atoms with E-state index in [-0.39, 0.29) is 37.5 Å². The highest BCUT2D eigenvalue weighted by Crippen LogP contribution is 2.44. The molecule has 2 amide bonds. The molecule has 2 aliphatic carbocycles. The van der Waals surface area contributed by atoms with Gasteiger partial charge in [0.2, 0.25) is 0 Å². The molecule has 0 saturated heterocycles. The average Bonchev–Trinajstić information content (AvgIpc) is 3.36. The maximum absolute atomic E-state index is 12.1. The topological polar surface area (TPSA) is 105 Å². The third kappa shape index (κ3) is 5.35. The Kier molecular flexibility index (Phi) is 6.94. The van der Waals surface area contributed by atoms with Crippen molar-refractivity contribution in [2.24, 2.45) is 5.92 Å². The van der Waals surface area contributed by atoms with Gasteiger partial charge in [0.05, 0.1) is 13.0 Å². The normalized spacial score (nSPS) is 18.4. The van der Waals surface area contributed by atoms with Crippen LogP contribution in [0.1, 0.15) is 42.7 Å². The molecular weight excluding hydrogens is 420 g/mol. The van der Waals surface area contributed by atoms with E-state index in [2.05, 4.69) is 46.7 Å². The predicted molar refractivity (Wildman–Crippen MR) is 122 cm³/mol. The number of benzene rings is 2.